The lowest BCUT2D eigenvalue weighted by atomic mass is 10.0. The van der Waals surface area contributed by atoms with Crippen molar-refractivity contribution in [3.63, 3.8) is 0 Å². The molecule has 0 aliphatic rings. The molecule has 21 N–H and O–H groups in total. The van der Waals surface area contributed by atoms with Crippen LogP contribution in [-0.2, 0) is 64.0 Å². The second kappa shape index (κ2) is 33.5. The molecule has 30 heteroatoms. The highest BCUT2D eigenvalue weighted by Crippen LogP contribution is 2.10. The molecule has 30 nitrogen and oxygen atoms in total. The normalized spacial score (nSPS) is 15.8. The van der Waals surface area contributed by atoms with Crippen LogP contribution in [0, 0.1) is 5.92 Å². The van der Waals surface area contributed by atoms with Crippen molar-refractivity contribution in [3.05, 3.63) is 35.9 Å². The summed E-state index contributed by atoms with van der Waals surface area (Å²) < 4.78 is 0. The second-order valence-corrected chi connectivity index (χ2v) is 18.1. The molecule has 11 amide bonds. The molecular formula is C46H75N13O17. The maximum absolute atomic E-state index is 13.8. The Kier molecular flexibility index (Phi) is 29.4. The standard InChI is InChI=1S/C46H75N13O17/c1-21(2)34(43(72)53-27(14-10-11-15-47)38(67)51-23(4)46(75)76)57-44(73)36(25(6)63)59-45(74)35(24(5)62)58-42(71)31(20-61)56-37(66)22(3)50-39(68)28(16-26-12-8-7-9-13-26)54-40(69)29(17-32(49)64)55-41(70)30(19-60)52-33(65)18-48/h7-9,12-13,21-25,27-31,34-36,60-63H,10-11,14-20,47-48H2,1-6H3,(H2,49,64)(H,50,68)(H,51,67)(H,52,65)(H,53,72)(H,54,69)(H,55,70)(H,56,66)(H,57,73)(H,58,71)(H,59,74)(H,75,76)/t22-,23-,24+,25+,27-,28-,29-,30-,31-,34-,35-,36-/m0/s1. The average molecular weight is 1080 g/mol. The van der Waals surface area contributed by atoms with Crippen LogP contribution in [-0.4, -0.2) is 195 Å². The number of rotatable bonds is 34. The SMILES string of the molecule is CC(C)[C@H](NC(=O)[C@@H](NC(=O)[C@@H](NC(=O)[C@H](CO)NC(=O)[C@H](C)NC(=O)[C@H](Cc1ccccc1)NC(=O)[C@H](CC(N)=O)NC(=O)[C@H](CO)NC(=O)CN)[C@@H](C)O)[C@@H](C)O)C(=O)N[C@@H](CCCCN)C(=O)N[C@@H](C)C(=O)O. The number of hydrogen-bond acceptors (Lipinski definition) is 18. The zero-order valence-corrected chi connectivity index (χ0v) is 43.1. The van der Waals surface area contributed by atoms with Crippen molar-refractivity contribution in [1.82, 2.24) is 53.2 Å². The van der Waals surface area contributed by atoms with Gasteiger partial charge in [-0.2, -0.15) is 0 Å². The number of carbonyl (C=O) groups excluding carboxylic acids is 11. The summed E-state index contributed by atoms with van der Waals surface area (Å²) in [7, 11) is 0. The number of aliphatic hydroxyl groups excluding tert-OH is 4. The van der Waals surface area contributed by atoms with Crippen LogP contribution in [0.4, 0.5) is 0 Å². The Morgan fingerprint density at radius 3 is 1.39 bits per heavy atom. The van der Waals surface area contributed by atoms with Gasteiger partial charge in [0.2, 0.25) is 65.0 Å². The molecule has 0 aliphatic heterocycles. The van der Waals surface area contributed by atoms with Gasteiger partial charge >= 0.3 is 5.97 Å². The summed E-state index contributed by atoms with van der Waals surface area (Å²) in [6.07, 6.45) is -3.59. The number of carboxylic acid groups (broad SMARTS) is 1. The summed E-state index contributed by atoms with van der Waals surface area (Å²) >= 11 is 0. The molecule has 12 atom stereocenters. The number of aliphatic carboxylic acids is 1. The monoisotopic (exact) mass is 1080 g/mol. The van der Waals surface area contributed by atoms with Gasteiger partial charge in [-0.25, -0.2) is 0 Å². The first-order valence-corrected chi connectivity index (χ1v) is 24.2. The lowest BCUT2D eigenvalue weighted by Crippen LogP contribution is -2.64. The Morgan fingerprint density at radius 1 is 0.487 bits per heavy atom. The minimum Gasteiger partial charge on any atom is -0.480 e. The van der Waals surface area contributed by atoms with Crippen LogP contribution >= 0.6 is 0 Å². The molecule has 0 saturated heterocycles. The van der Waals surface area contributed by atoms with E-state index in [2.05, 4.69) is 53.2 Å². The molecule has 1 aromatic rings. The van der Waals surface area contributed by atoms with Crippen molar-refractivity contribution in [2.24, 2.45) is 23.1 Å². The molecule has 0 aromatic heterocycles. The van der Waals surface area contributed by atoms with Gasteiger partial charge in [0.1, 0.15) is 60.4 Å². The molecular weight excluding hydrogens is 1010 g/mol. The van der Waals surface area contributed by atoms with Crippen molar-refractivity contribution in [2.45, 2.75) is 146 Å². The van der Waals surface area contributed by atoms with E-state index >= 15 is 0 Å². The molecule has 0 radical (unpaired) electrons. The zero-order valence-electron chi connectivity index (χ0n) is 43.1. The van der Waals surface area contributed by atoms with Gasteiger partial charge in [0.05, 0.1) is 38.4 Å². The van der Waals surface area contributed by atoms with E-state index in [0.717, 1.165) is 20.8 Å². The molecule has 1 aromatic carbocycles. The summed E-state index contributed by atoms with van der Waals surface area (Å²) in [4.78, 5) is 156. The van der Waals surface area contributed by atoms with Gasteiger partial charge in [0.25, 0.3) is 0 Å². The van der Waals surface area contributed by atoms with E-state index in [9.17, 15) is 83.1 Å². The van der Waals surface area contributed by atoms with E-state index < -0.39 is 176 Å². The highest BCUT2D eigenvalue weighted by atomic mass is 16.4. The maximum atomic E-state index is 13.8. The van der Waals surface area contributed by atoms with Crippen LogP contribution < -0.4 is 70.4 Å². The van der Waals surface area contributed by atoms with Gasteiger partial charge in [0.15, 0.2) is 0 Å². The maximum Gasteiger partial charge on any atom is 0.325 e. The molecule has 0 saturated carbocycles. The first-order chi connectivity index (χ1) is 35.6. The highest BCUT2D eigenvalue weighted by molar-refractivity contribution is 5.99. The number of carbonyl (C=O) groups is 12. The number of aliphatic hydroxyl groups is 4. The number of benzene rings is 1. The molecule has 0 fully saturated rings. The van der Waals surface area contributed by atoms with Gasteiger partial charge in [-0.3, -0.25) is 57.5 Å². The Morgan fingerprint density at radius 2 is 0.908 bits per heavy atom. The van der Waals surface area contributed by atoms with Gasteiger partial charge in [-0.05, 0) is 65.0 Å². The Balaban J connectivity index is 3.25. The highest BCUT2D eigenvalue weighted by Gasteiger charge is 2.38. The topological polar surface area (TPSA) is 504 Å². The van der Waals surface area contributed by atoms with E-state index in [-0.39, 0.29) is 19.4 Å². The third-order valence-corrected chi connectivity index (χ3v) is 11.2. The fourth-order valence-corrected chi connectivity index (χ4v) is 6.82. The second-order valence-electron chi connectivity index (χ2n) is 18.1. The van der Waals surface area contributed by atoms with E-state index in [4.69, 9.17) is 17.2 Å². The average Bonchev–Trinajstić information content (AvgIpc) is 3.35. The van der Waals surface area contributed by atoms with E-state index in [0.29, 0.717) is 18.4 Å². The van der Waals surface area contributed by atoms with Crippen LogP contribution in [0.2, 0.25) is 0 Å². The largest absolute Gasteiger partial charge is 0.480 e. The third kappa shape index (κ3) is 23.0. The summed E-state index contributed by atoms with van der Waals surface area (Å²) in [6, 6.07) is -7.97. The summed E-state index contributed by atoms with van der Waals surface area (Å²) in [5.74, 6) is -13.6. The number of hydrogen-bond donors (Lipinski definition) is 18. The van der Waals surface area contributed by atoms with Crippen molar-refractivity contribution in [3.8, 4) is 0 Å². The quantitative estimate of drug-likeness (QED) is 0.0285. The lowest BCUT2D eigenvalue weighted by Gasteiger charge is -2.30. The fraction of sp³-hybridized carbons (Fsp3) is 0.609. The molecule has 1 rings (SSSR count). The Hall–Kier alpha value is -7.38. The van der Waals surface area contributed by atoms with E-state index in [1.54, 1.807) is 30.3 Å². The molecule has 0 heterocycles. The molecule has 0 unspecified atom stereocenters. The third-order valence-electron chi connectivity index (χ3n) is 11.2. The number of unbranched alkanes of at least 4 members (excludes halogenated alkanes) is 1. The number of amides is 11. The number of carboxylic acids is 1. The minimum atomic E-state index is -1.93. The van der Waals surface area contributed by atoms with Gasteiger partial charge in [-0.15, -0.1) is 0 Å². The van der Waals surface area contributed by atoms with Crippen molar-refractivity contribution in [2.75, 3.05) is 26.3 Å². The Labute approximate surface area is 437 Å². The molecule has 426 valence electrons. The minimum absolute atomic E-state index is 0.0506. The number of nitrogens with one attached hydrogen (secondary N) is 10. The summed E-state index contributed by atoms with van der Waals surface area (Å²) in [6.45, 7) is 5.26. The zero-order chi connectivity index (χ0) is 58.0. The van der Waals surface area contributed by atoms with Crippen LogP contribution in [0.25, 0.3) is 0 Å². The van der Waals surface area contributed by atoms with Gasteiger partial charge in [-0.1, -0.05) is 44.2 Å². The smallest absolute Gasteiger partial charge is 0.325 e. The number of nitrogens with two attached hydrogens (primary N) is 3. The predicted octanol–water partition coefficient (Wildman–Crippen LogP) is -8.43. The molecule has 76 heavy (non-hydrogen) atoms. The van der Waals surface area contributed by atoms with Crippen molar-refractivity contribution >= 4 is 70.9 Å². The van der Waals surface area contributed by atoms with E-state index in [1.165, 1.54) is 20.8 Å². The lowest BCUT2D eigenvalue weighted by molar-refractivity contribution is -0.142. The fourth-order valence-electron chi connectivity index (χ4n) is 6.82. The van der Waals surface area contributed by atoms with Crippen LogP contribution in [0.1, 0.15) is 72.8 Å². The Bertz CT molecular complexity index is 2170. The summed E-state index contributed by atoms with van der Waals surface area (Å²) in [5, 5.41) is 73.0. The van der Waals surface area contributed by atoms with Crippen LogP contribution in [0.15, 0.2) is 30.3 Å². The molecule has 0 bridgehead atoms. The number of primary amides is 1. The van der Waals surface area contributed by atoms with Gasteiger partial charge < -0.3 is 95.9 Å². The predicted molar refractivity (Wildman–Crippen MR) is 267 cm³/mol. The van der Waals surface area contributed by atoms with E-state index in [1.807, 2.05) is 0 Å². The first-order valence-electron chi connectivity index (χ1n) is 24.2. The molecule has 0 spiro atoms. The molecule has 0 aliphatic carbocycles. The van der Waals surface area contributed by atoms with Crippen molar-refractivity contribution < 1.29 is 83.1 Å². The van der Waals surface area contributed by atoms with Crippen molar-refractivity contribution in [1.29, 1.82) is 0 Å². The van der Waals surface area contributed by atoms with Crippen LogP contribution in [0.5, 0.6) is 0 Å². The van der Waals surface area contributed by atoms with Gasteiger partial charge in [0, 0.05) is 6.42 Å². The van der Waals surface area contributed by atoms with Crippen LogP contribution in [0.3, 0.4) is 0 Å². The first kappa shape index (κ1) is 66.6. The summed E-state index contributed by atoms with van der Waals surface area (Å²) in [5.41, 5.74) is 16.6.